The minimum atomic E-state index is -0.938. The number of imidazole rings is 1. The van der Waals surface area contributed by atoms with Crippen molar-refractivity contribution in [2.24, 2.45) is 0 Å². The first-order chi connectivity index (χ1) is 15.6. The van der Waals surface area contributed by atoms with Crippen LogP contribution in [0.3, 0.4) is 0 Å². The van der Waals surface area contributed by atoms with Crippen LogP contribution in [-0.4, -0.2) is 57.2 Å². The molecule has 0 spiro atoms. The monoisotopic (exact) mass is 428 g/mol. The van der Waals surface area contributed by atoms with E-state index >= 15 is 0 Å². The smallest absolute Gasteiger partial charge is 0.335 e. The van der Waals surface area contributed by atoms with E-state index in [1.807, 2.05) is 6.07 Å². The van der Waals surface area contributed by atoms with Gasteiger partial charge in [-0.3, -0.25) is 4.90 Å². The van der Waals surface area contributed by atoms with Crippen molar-refractivity contribution in [2.45, 2.75) is 13.0 Å². The molecule has 2 aromatic heterocycles. The van der Waals surface area contributed by atoms with Crippen LogP contribution in [0.4, 0.5) is 0 Å². The zero-order valence-electron chi connectivity index (χ0n) is 17.8. The Balaban J connectivity index is 1.44. The third-order valence-electron chi connectivity index (χ3n) is 6.09. The number of nitrogens with one attached hydrogen (secondary N) is 1. The number of benzene rings is 2. The maximum atomic E-state index is 11.1. The van der Waals surface area contributed by atoms with E-state index in [9.17, 15) is 4.79 Å². The number of aromatic nitrogens is 3. The molecule has 1 saturated heterocycles. The number of ether oxygens (including phenoxy) is 1. The zero-order valence-corrected chi connectivity index (χ0v) is 17.8. The first-order valence-electron chi connectivity index (χ1n) is 10.7. The summed E-state index contributed by atoms with van der Waals surface area (Å²) in [6, 6.07) is 17.6. The van der Waals surface area contributed by atoms with Gasteiger partial charge < -0.3 is 14.8 Å². The van der Waals surface area contributed by atoms with Crippen LogP contribution in [0, 0.1) is 0 Å². The number of fused-ring (bicyclic) bond motifs is 1. The number of carboxylic acids is 1. The topological polar surface area (TPSA) is 91.3 Å². The standard InChI is InChI=1S/C25H24N4O3/c1-16(29-12-14-32-15-13-29)17-2-6-19(7-3-17)23-27-22-21(10-11-26-24(22)28-23)18-4-8-20(9-5-18)25(30)31/h2-11,16H,12-15H2,1H3,(H,30,31)(H,26,27,28). The van der Waals surface area contributed by atoms with Gasteiger partial charge in [0, 0.05) is 36.5 Å². The van der Waals surface area contributed by atoms with Gasteiger partial charge in [0.15, 0.2) is 5.65 Å². The molecule has 0 amide bonds. The van der Waals surface area contributed by atoms with Gasteiger partial charge in [-0.15, -0.1) is 0 Å². The Morgan fingerprint density at radius 3 is 2.41 bits per heavy atom. The summed E-state index contributed by atoms with van der Waals surface area (Å²) in [4.78, 5) is 26.1. The highest BCUT2D eigenvalue weighted by Crippen LogP contribution is 2.30. The third kappa shape index (κ3) is 3.88. The molecule has 162 valence electrons. The molecule has 1 unspecified atom stereocenters. The van der Waals surface area contributed by atoms with Crippen molar-refractivity contribution in [2.75, 3.05) is 26.3 Å². The number of aromatic carboxylic acids is 1. The Hall–Kier alpha value is -3.55. The van der Waals surface area contributed by atoms with Gasteiger partial charge in [-0.1, -0.05) is 36.4 Å². The van der Waals surface area contributed by atoms with E-state index < -0.39 is 5.97 Å². The van der Waals surface area contributed by atoms with Crippen molar-refractivity contribution in [3.63, 3.8) is 0 Å². The average molecular weight is 428 g/mol. The summed E-state index contributed by atoms with van der Waals surface area (Å²) in [6.07, 6.45) is 1.72. The lowest BCUT2D eigenvalue weighted by Gasteiger charge is -2.32. The molecule has 1 aliphatic rings. The Kier molecular flexibility index (Phi) is 5.43. The van der Waals surface area contributed by atoms with Crippen molar-refractivity contribution in [1.29, 1.82) is 0 Å². The molecule has 2 N–H and O–H groups in total. The number of carboxylic acid groups (broad SMARTS) is 1. The summed E-state index contributed by atoms with van der Waals surface area (Å²) in [6.45, 7) is 5.71. The van der Waals surface area contributed by atoms with Crippen LogP contribution in [0.5, 0.6) is 0 Å². The summed E-state index contributed by atoms with van der Waals surface area (Å²) in [5, 5.41) is 9.14. The van der Waals surface area contributed by atoms with Gasteiger partial charge >= 0.3 is 5.97 Å². The number of hydrogen-bond acceptors (Lipinski definition) is 5. The van der Waals surface area contributed by atoms with Gasteiger partial charge in [-0.2, -0.15) is 0 Å². The first-order valence-corrected chi connectivity index (χ1v) is 10.7. The number of hydrogen-bond donors (Lipinski definition) is 2. The second-order valence-electron chi connectivity index (χ2n) is 7.97. The van der Waals surface area contributed by atoms with Gasteiger partial charge in [0.25, 0.3) is 0 Å². The summed E-state index contributed by atoms with van der Waals surface area (Å²) in [5.41, 5.74) is 5.82. The number of aromatic amines is 1. The van der Waals surface area contributed by atoms with E-state index in [4.69, 9.17) is 14.8 Å². The molecule has 32 heavy (non-hydrogen) atoms. The van der Waals surface area contributed by atoms with E-state index in [0.29, 0.717) is 11.7 Å². The van der Waals surface area contributed by atoms with Crippen LogP contribution in [0.1, 0.15) is 28.9 Å². The molecule has 0 radical (unpaired) electrons. The van der Waals surface area contributed by atoms with Gasteiger partial charge in [0.1, 0.15) is 5.82 Å². The predicted octanol–water partition coefficient (Wildman–Crippen LogP) is 4.38. The third-order valence-corrected chi connectivity index (χ3v) is 6.09. The van der Waals surface area contributed by atoms with E-state index in [1.165, 1.54) is 5.56 Å². The van der Waals surface area contributed by atoms with E-state index in [1.54, 1.807) is 30.5 Å². The molecule has 0 aliphatic carbocycles. The van der Waals surface area contributed by atoms with Crippen LogP contribution in [0.15, 0.2) is 60.8 Å². The van der Waals surface area contributed by atoms with Crippen molar-refractivity contribution >= 4 is 17.1 Å². The number of carbonyl (C=O) groups is 1. The quantitative estimate of drug-likeness (QED) is 0.490. The Morgan fingerprint density at radius 2 is 1.72 bits per heavy atom. The highest BCUT2D eigenvalue weighted by Gasteiger charge is 2.19. The van der Waals surface area contributed by atoms with E-state index in [2.05, 4.69) is 46.1 Å². The van der Waals surface area contributed by atoms with E-state index in [0.717, 1.165) is 54.3 Å². The molecule has 2 aromatic carbocycles. The highest BCUT2D eigenvalue weighted by molar-refractivity contribution is 5.93. The van der Waals surface area contributed by atoms with Gasteiger partial charge in [-0.25, -0.2) is 14.8 Å². The summed E-state index contributed by atoms with van der Waals surface area (Å²) in [7, 11) is 0. The fourth-order valence-electron chi connectivity index (χ4n) is 4.18. The predicted molar refractivity (Wildman–Crippen MR) is 123 cm³/mol. The van der Waals surface area contributed by atoms with Crippen LogP contribution in [0.2, 0.25) is 0 Å². The molecule has 3 heterocycles. The van der Waals surface area contributed by atoms with Gasteiger partial charge in [0.05, 0.1) is 24.3 Å². The van der Waals surface area contributed by atoms with Gasteiger partial charge in [-0.05, 0) is 36.2 Å². The second-order valence-corrected chi connectivity index (χ2v) is 7.97. The van der Waals surface area contributed by atoms with Crippen LogP contribution in [-0.2, 0) is 4.74 Å². The molecule has 7 heteroatoms. The fourth-order valence-corrected chi connectivity index (χ4v) is 4.18. The van der Waals surface area contributed by atoms with E-state index in [-0.39, 0.29) is 5.56 Å². The number of morpholine rings is 1. The number of H-pyrrole nitrogens is 1. The molecular weight excluding hydrogens is 404 g/mol. The first kappa shape index (κ1) is 20.4. The molecule has 1 fully saturated rings. The van der Waals surface area contributed by atoms with Gasteiger partial charge in [0.2, 0.25) is 0 Å². The second kappa shape index (κ2) is 8.53. The summed E-state index contributed by atoms with van der Waals surface area (Å²) >= 11 is 0. The maximum absolute atomic E-state index is 11.1. The normalized spacial score (nSPS) is 15.7. The number of nitrogens with zero attached hydrogens (tertiary/aromatic N) is 3. The molecule has 4 aromatic rings. The van der Waals surface area contributed by atoms with Crippen LogP contribution in [0.25, 0.3) is 33.7 Å². The lowest BCUT2D eigenvalue weighted by Crippen LogP contribution is -2.37. The molecule has 0 bridgehead atoms. The Morgan fingerprint density at radius 1 is 1.03 bits per heavy atom. The fraction of sp³-hybridized carbons (Fsp3) is 0.240. The van der Waals surface area contributed by atoms with Crippen molar-refractivity contribution < 1.29 is 14.6 Å². The lowest BCUT2D eigenvalue weighted by molar-refractivity contribution is 0.0198. The molecule has 1 atom stereocenters. The number of rotatable bonds is 5. The molecule has 0 saturated carbocycles. The van der Waals surface area contributed by atoms with Crippen molar-refractivity contribution in [3.8, 4) is 22.5 Å². The SMILES string of the molecule is CC(c1ccc(-c2nc3nccc(-c4ccc(C(=O)O)cc4)c3[nH]2)cc1)N1CCOCC1. The average Bonchev–Trinajstić information content (AvgIpc) is 3.29. The molecule has 1 aliphatic heterocycles. The minimum Gasteiger partial charge on any atom is -0.478 e. The van der Waals surface area contributed by atoms with Crippen molar-refractivity contribution in [1.82, 2.24) is 19.9 Å². The summed E-state index contributed by atoms with van der Waals surface area (Å²) < 4.78 is 5.46. The Labute approximate surface area is 185 Å². The molecule has 7 nitrogen and oxygen atoms in total. The van der Waals surface area contributed by atoms with Crippen LogP contribution < -0.4 is 0 Å². The maximum Gasteiger partial charge on any atom is 0.335 e. The largest absolute Gasteiger partial charge is 0.478 e. The molecule has 5 rings (SSSR count). The number of pyridine rings is 1. The Bertz CT molecular complexity index is 1240. The highest BCUT2D eigenvalue weighted by atomic mass is 16.5. The zero-order chi connectivity index (χ0) is 22.1. The molecular formula is C25H24N4O3. The minimum absolute atomic E-state index is 0.260. The lowest BCUT2D eigenvalue weighted by atomic mass is 10.0. The summed E-state index contributed by atoms with van der Waals surface area (Å²) in [5.74, 6) is -0.181. The van der Waals surface area contributed by atoms with Crippen molar-refractivity contribution in [3.05, 3.63) is 71.9 Å². The van der Waals surface area contributed by atoms with Crippen LogP contribution >= 0.6 is 0 Å².